The molecule has 0 aromatic carbocycles. The Hall–Kier alpha value is -1.17. The first-order valence-corrected chi connectivity index (χ1v) is 4.26. The molecular formula is C8H14FNO4. The summed E-state index contributed by atoms with van der Waals surface area (Å²) >= 11 is 0. The second-order valence-corrected chi connectivity index (χ2v) is 3.05. The molecule has 5 nitrogen and oxygen atoms in total. The minimum absolute atomic E-state index is 0.114. The minimum atomic E-state index is -1.24. The lowest BCUT2D eigenvalue weighted by Gasteiger charge is -2.13. The van der Waals surface area contributed by atoms with Crippen molar-refractivity contribution in [1.82, 2.24) is 0 Å². The highest BCUT2D eigenvalue weighted by Crippen LogP contribution is 2.13. The van der Waals surface area contributed by atoms with Crippen LogP contribution in [0.1, 0.15) is 19.3 Å². The van der Waals surface area contributed by atoms with E-state index in [1.54, 1.807) is 0 Å². The second kappa shape index (κ2) is 6.31. The van der Waals surface area contributed by atoms with Crippen LogP contribution in [0.2, 0.25) is 0 Å². The number of rotatable bonds is 7. The van der Waals surface area contributed by atoms with Crippen LogP contribution >= 0.6 is 0 Å². The Morgan fingerprint density at radius 3 is 2.21 bits per heavy atom. The van der Waals surface area contributed by atoms with Crippen molar-refractivity contribution in [1.29, 1.82) is 0 Å². The van der Waals surface area contributed by atoms with Crippen LogP contribution in [0.3, 0.4) is 0 Å². The maximum atomic E-state index is 11.8. The van der Waals surface area contributed by atoms with Gasteiger partial charge in [-0.25, -0.2) is 0 Å². The fourth-order valence-corrected chi connectivity index (χ4v) is 1.07. The van der Waals surface area contributed by atoms with Gasteiger partial charge in [0.25, 0.3) is 0 Å². The van der Waals surface area contributed by atoms with Crippen LogP contribution in [0.15, 0.2) is 0 Å². The monoisotopic (exact) mass is 207 g/mol. The van der Waals surface area contributed by atoms with Crippen molar-refractivity contribution in [2.45, 2.75) is 25.3 Å². The van der Waals surface area contributed by atoms with Gasteiger partial charge in [0, 0.05) is 0 Å². The van der Waals surface area contributed by atoms with E-state index < -0.39 is 30.6 Å². The lowest BCUT2D eigenvalue weighted by atomic mass is 9.96. The summed E-state index contributed by atoms with van der Waals surface area (Å²) in [5.74, 6) is -3.25. The fraction of sp³-hybridized carbons (Fsp3) is 0.750. The van der Waals surface area contributed by atoms with Crippen molar-refractivity contribution in [3.63, 3.8) is 0 Å². The molecule has 0 fully saturated rings. The number of hydrogen-bond acceptors (Lipinski definition) is 3. The molecular weight excluding hydrogens is 193 g/mol. The summed E-state index contributed by atoms with van der Waals surface area (Å²) in [5, 5.41) is 17.1. The van der Waals surface area contributed by atoms with Gasteiger partial charge in [-0.05, 0) is 19.3 Å². The number of carboxylic acids is 2. The van der Waals surface area contributed by atoms with Crippen molar-refractivity contribution in [3.8, 4) is 0 Å². The molecule has 0 saturated carbocycles. The van der Waals surface area contributed by atoms with E-state index in [1.807, 2.05) is 0 Å². The van der Waals surface area contributed by atoms with Crippen LogP contribution in [-0.4, -0.2) is 34.9 Å². The van der Waals surface area contributed by atoms with Crippen LogP contribution in [0, 0.1) is 5.92 Å². The van der Waals surface area contributed by atoms with Crippen LogP contribution in [0.25, 0.3) is 0 Å². The maximum absolute atomic E-state index is 11.8. The highest BCUT2D eigenvalue weighted by molar-refractivity contribution is 5.75. The Morgan fingerprint density at radius 1 is 1.29 bits per heavy atom. The zero-order valence-corrected chi connectivity index (χ0v) is 7.65. The molecule has 14 heavy (non-hydrogen) atoms. The third kappa shape index (κ3) is 4.76. The predicted molar refractivity (Wildman–Crippen MR) is 46.6 cm³/mol. The van der Waals surface area contributed by atoms with Crippen LogP contribution in [-0.2, 0) is 9.59 Å². The van der Waals surface area contributed by atoms with E-state index in [9.17, 15) is 14.0 Å². The highest BCUT2D eigenvalue weighted by atomic mass is 19.1. The quantitative estimate of drug-likeness (QED) is 0.555. The van der Waals surface area contributed by atoms with Crippen LogP contribution < -0.4 is 5.73 Å². The SMILES string of the molecule is N[C@H](C[C@@H](CCCF)C(=O)O)C(=O)O. The minimum Gasteiger partial charge on any atom is -0.481 e. The van der Waals surface area contributed by atoms with Gasteiger partial charge in [0.15, 0.2) is 0 Å². The maximum Gasteiger partial charge on any atom is 0.320 e. The van der Waals surface area contributed by atoms with Gasteiger partial charge < -0.3 is 15.9 Å². The molecule has 4 N–H and O–H groups in total. The van der Waals surface area contributed by atoms with Gasteiger partial charge in [-0.15, -0.1) is 0 Å². The van der Waals surface area contributed by atoms with E-state index in [-0.39, 0.29) is 19.3 Å². The first kappa shape index (κ1) is 12.8. The molecule has 0 bridgehead atoms. The summed E-state index contributed by atoms with van der Waals surface area (Å²) in [6.07, 6.45) is 0.0702. The molecule has 0 spiro atoms. The smallest absolute Gasteiger partial charge is 0.320 e. The molecule has 82 valence electrons. The molecule has 0 heterocycles. The van der Waals surface area contributed by atoms with E-state index >= 15 is 0 Å². The molecule has 0 aliphatic rings. The molecule has 0 radical (unpaired) electrons. The van der Waals surface area contributed by atoms with Gasteiger partial charge >= 0.3 is 11.9 Å². The summed E-state index contributed by atoms with van der Waals surface area (Å²) < 4.78 is 11.8. The average molecular weight is 207 g/mol. The molecule has 0 aromatic rings. The van der Waals surface area contributed by atoms with Gasteiger partial charge in [0.2, 0.25) is 0 Å². The Bertz CT molecular complexity index is 210. The number of aliphatic carboxylic acids is 2. The summed E-state index contributed by atoms with van der Waals surface area (Å²) in [6.45, 7) is -0.605. The van der Waals surface area contributed by atoms with E-state index in [2.05, 4.69) is 0 Å². The molecule has 2 atom stereocenters. The highest BCUT2D eigenvalue weighted by Gasteiger charge is 2.23. The number of hydrogen-bond donors (Lipinski definition) is 3. The van der Waals surface area contributed by atoms with Gasteiger partial charge in [0.05, 0.1) is 12.6 Å². The molecule has 0 aliphatic carbocycles. The van der Waals surface area contributed by atoms with Gasteiger partial charge in [-0.1, -0.05) is 0 Å². The Labute approximate surface area is 80.7 Å². The van der Waals surface area contributed by atoms with Crippen molar-refractivity contribution < 1.29 is 24.2 Å². The Kier molecular flexibility index (Phi) is 5.78. The molecule has 0 rings (SSSR count). The number of carboxylic acid groups (broad SMARTS) is 2. The van der Waals surface area contributed by atoms with Gasteiger partial charge in [-0.2, -0.15) is 0 Å². The molecule has 0 unspecified atom stereocenters. The van der Waals surface area contributed by atoms with Gasteiger partial charge in [0.1, 0.15) is 6.04 Å². The van der Waals surface area contributed by atoms with Crippen molar-refractivity contribution in [2.24, 2.45) is 11.7 Å². The van der Waals surface area contributed by atoms with Crippen molar-refractivity contribution >= 4 is 11.9 Å². The third-order valence-electron chi connectivity index (χ3n) is 1.89. The Balaban J connectivity index is 4.08. The predicted octanol–water partition coefficient (Wildman–Crippen LogP) is 0.239. The van der Waals surface area contributed by atoms with Crippen LogP contribution in [0.5, 0.6) is 0 Å². The van der Waals surface area contributed by atoms with E-state index in [4.69, 9.17) is 15.9 Å². The van der Waals surface area contributed by atoms with Gasteiger partial charge in [-0.3, -0.25) is 14.0 Å². The molecule has 0 aliphatic heterocycles. The second-order valence-electron chi connectivity index (χ2n) is 3.05. The number of nitrogens with two attached hydrogens (primary N) is 1. The van der Waals surface area contributed by atoms with Crippen molar-refractivity contribution in [3.05, 3.63) is 0 Å². The first-order chi connectivity index (χ1) is 6.49. The standard InChI is InChI=1S/C8H14FNO4/c9-3-1-2-5(7(11)12)4-6(10)8(13)14/h5-6H,1-4,10H2,(H,11,12)(H,13,14)/t5-,6-/m1/s1. The Morgan fingerprint density at radius 2 is 1.86 bits per heavy atom. The first-order valence-electron chi connectivity index (χ1n) is 4.26. The lowest BCUT2D eigenvalue weighted by molar-refractivity contribution is -0.143. The zero-order chi connectivity index (χ0) is 11.1. The summed E-state index contributed by atoms with van der Waals surface area (Å²) in [7, 11) is 0. The van der Waals surface area contributed by atoms with E-state index in [0.29, 0.717) is 0 Å². The summed E-state index contributed by atoms with van der Waals surface area (Å²) in [5.41, 5.74) is 5.17. The zero-order valence-electron chi connectivity index (χ0n) is 7.65. The van der Waals surface area contributed by atoms with E-state index in [0.717, 1.165) is 0 Å². The molecule has 0 aromatic heterocycles. The number of halogens is 1. The number of alkyl halides is 1. The molecule has 6 heteroatoms. The normalized spacial score (nSPS) is 14.7. The lowest BCUT2D eigenvalue weighted by Crippen LogP contribution is -2.34. The number of carbonyl (C=O) groups is 2. The third-order valence-corrected chi connectivity index (χ3v) is 1.89. The summed E-state index contributed by atoms with van der Waals surface area (Å²) in [4.78, 5) is 20.9. The van der Waals surface area contributed by atoms with Crippen molar-refractivity contribution in [2.75, 3.05) is 6.67 Å². The summed E-state index contributed by atoms with van der Waals surface area (Å²) in [6, 6.07) is -1.20. The molecule has 0 amide bonds. The van der Waals surface area contributed by atoms with Crippen LogP contribution in [0.4, 0.5) is 4.39 Å². The molecule has 0 saturated heterocycles. The van der Waals surface area contributed by atoms with E-state index in [1.165, 1.54) is 0 Å². The topological polar surface area (TPSA) is 101 Å². The average Bonchev–Trinajstić information content (AvgIpc) is 2.10. The fourth-order valence-electron chi connectivity index (χ4n) is 1.07. The largest absolute Gasteiger partial charge is 0.481 e.